The smallest absolute Gasteiger partial charge is 0.411 e. The molecule has 3 saturated carbocycles. The van der Waals surface area contributed by atoms with Gasteiger partial charge in [-0.15, -0.1) is 0 Å². The number of amides is 6. The van der Waals surface area contributed by atoms with Gasteiger partial charge in [0.15, 0.2) is 0 Å². The number of aryl methyl sites for hydroxylation is 1. The van der Waals surface area contributed by atoms with E-state index in [0.717, 1.165) is 45.0 Å². The number of nitrogens with zero attached hydrogens (tertiary/aromatic N) is 7. The van der Waals surface area contributed by atoms with E-state index in [-0.39, 0.29) is 78.9 Å². The maximum absolute atomic E-state index is 13.7. The number of nitrogens with one attached hydrogen (secondary N) is 3. The van der Waals surface area contributed by atoms with Gasteiger partial charge >= 0.3 is 36.2 Å². The number of pyridine rings is 1. The minimum Gasteiger partial charge on any atom is -0.497 e. The van der Waals surface area contributed by atoms with E-state index in [4.69, 9.17) is 52.4 Å². The molecule has 2 unspecified atom stereocenters. The molecule has 3 saturated heterocycles. The molecule has 6 heterocycles. The number of hydrogen-bond acceptors (Lipinski definition) is 23. The van der Waals surface area contributed by atoms with E-state index in [1.54, 1.807) is 69.4 Å². The molecule has 6 fully saturated rings. The van der Waals surface area contributed by atoms with Crippen LogP contribution in [-0.2, 0) is 63.7 Å². The first-order chi connectivity index (χ1) is 53.6. The first kappa shape index (κ1) is 91.0. The molecule has 3 aromatic heterocycles. The number of likely N-dealkylation sites (tertiary alicyclic amines) is 3. The summed E-state index contributed by atoms with van der Waals surface area (Å²) in [5.41, 5.74) is -0.470. The lowest BCUT2D eigenvalue weighted by Crippen LogP contribution is -2.53. The highest BCUT2D eigenvalue weighted by Crippen LogP contribution is 2.50. The molecule has 6 amide bonds. The van der Waals surface area contributed by atoms with Crippen LogP contribution in [0.15, 0.2) is 103 Å². The Morgan fingerprint density at radius 1 is 0.474 bits per heavy atom. The van der Waals surface area contributed by atoms with Gasteiger partial charge in [-0.2, -0.15) is 4.98 Å². The molecule has 6 aliphatic rings. The molecular formula is C86H118N10O19S. The van der Waals surface area contributed by atoms with Crippen LogP contribution >= 0.6 is 11.3 Å². The summed E-state index contributed by atoms with van der Waals surface area (Å²) in [6, 6.07) is 30.5. The number of ether oxygens (including phenoxy) is 10. The van der Waals surface area contributed by atoms with Crippen molar-refractivity contribution >= 4 is 97.4 Å². The molecule has 29 nitrogen and oxygen atoms in total. The van der Waals surface area contributed by atoms with Crippen molar-refractivity contribution in [3.8, 4) is 34.0 Å². The van der Waals surface area contributed by atoms with Crippen LogP contribution in [0.4, 0.5) is 14.4 Å². The molecule has 7 aromatic rings. The van der Waals surface area contributed by atoms with Crippen molar-refractivity contribution in [3.63, 3.8) is 0 Å². The number of hydrogen-bond donors (Lipinski definition) is 3. The normalized spacial score (nSPS) is 24.1. The Hall–Kier alpha value is -10.5. The summed E-state index contributed by atoms with van der Waals surface area (Å²) in [5.74, 6) is -1.45. The highest BCUT2D eigenvalue weighted by molar-refractivity contribution is 7.20. The van der Waals surface area contributed by atoms with E-state index >= 15 is 0 Å². The number of rotatable bonds is 21. The van der Waals surface area contributed by atoms with Crippen molar-refractivity contribution in [1.29, 1.82) is 0 Å². The van der Waals surface area contributed by atoms with Gasteiger partial charge in [0.1, 0.15) is 81.4 Å². The zero-order chi connectivity index (χ0) is 81.9. The maximum atomic E-state index is 13.7. The molecule has 0 bridgehead atoms. The van der Waals surface area contributed by atoms with Crippen molar-refractivity contribution in [1.82, 2.24) is 50.2 Å². The van der Waals surface area contributed by atoms with Gasteiger partial charge in [-0.1, -0.05) is 128 Å². The molecule has 0 radical (unpaired) electrons. The fraction of sp³-hybridized carbons (Fsp3) is 0.558. The molecule has 12 atom stereocenters. The number of thiazole rings is 1. The molecule has 116 heavy (non-hydrogen) atoms. The quantitative estimate of drug-likeness (QED) is 0.0444. The topological polar surface area (TPSA) is 335 Å². The third-order valence-electron chi connectivity index (χ3n) is 21.2. The molecule has 3 aliphatic heterocycles. The van der Waals surface area contributed by atoms with Crippen molar-refractivity contribution in [2.75, 3.05) is 48.1 Å². The summed E-state index contributed by atoms with van der Waals surface area (Å²) in [4.78, 5) is 136. The first-order valence-electron chi connectivity index (χ1n) is 38.6. The van der Waals surface area contributed by atoms with Crippen LogP contribution in [0.3, 0.4) is 0 Å². The first-order valence-corrected chi connectivity index (χ1v) is 39.4. The van der Waals surface area contributed by atoms with E-state index in [1.807, 2.05) is 135 Å². The maximum Gasteiger partial charge on any atom is 0.411 e. The third kappa shape index (κ3) is 20.3. The average Bonchev–Trinajstić information content (AvgIpc) is 1.59. The molecule has 13 rings (SSSR count). The molecule has 4 aromatic carbocycles. The Morgan fingerprint density at radius 3 is 1.29 bits per heavy atom. The van der Waals surface area contributed by atoms with Gasteiger partial charge in [0, 0.05) is 48.9 Å². The third-order valence-corrected chi connectivity index (χ3v) is 22.1. The van der Waals surface area contributed by atoms with E-state index < -0.39 is 124 Å². The lowest BCUT2D eigenvalue weighted by Gasteiger charge is -2.28. The monoisotopic (exact) mass is 1630 g/mol. The van der Waals surface area contributed by atoms with Gasteiger partial charge in [-0.25, -0.2) is 38.7 Å². The summed E-state index contributed by atoms with van der Waals surface area (Å²) in [7, 11) is 5.54. The number of benzene rings is 4. The molecule has 632 valence electrons. The number of esters is 3. The van der Waals surface area contributed by atoms with Gasteiger partial charge < -0.3 is 63.3 Å². The van der Waals surface area contributed by atoms with Crippen LogP contribution in [0.5, 0.6) is 22.7 Å². The average molecular weight is 1630 g/mol. The van der Waals surface area contributed by atoms with Gasteiger partial charge in [0.25, 0.3) is 11.2 Å². The Kier molecular flexibility index (Phi) is 28.8. The van der Waals surface area contributed by atoms with Crippen LogP contribution in [0.1, 0.15) is 170 Å². The number of para-hydroxylation sites is 3. The van der Waals surface area contributed by atoms with E-state index in [2.05, 4.69) is 25.9 Å². The van der Waals surface area contributed by atoms with Crippen molar-refractivity contribution in [3.05, 3.63) is 103 Å². The fourth-order valence-corrected chi connectivity index (χ4v) is 16.1. The van der Waals surface area contributed by atoms with Gasteiger partial charge in [0.05, 0.1) is 80.5 Å². The number of methoxy groups -OCH3 is 4. The molecular weight excluding hydrogens is 1510 g/mol. The van der Waals surface area contributed by atoms with E-state index in [1.165, 1.54) is 47.4 Å². The van der Waals surface area contributed by atoms with Crippen LogP contribution in [0.25, 0.3) is 43.4 Å². The predicted octanol–water partition coefficient (Wildman–Crippen LogP) is 13.8. The summed E-state index contributed by atoms with van der Waals surface area (Å²) in [5, 5.41) is 9.96. The van der Waals surface area contributed by atoms with Crippen molar-refractivity contribution in [2.45, 2.75) is 246 Å². The van der Waals surface area contributed by atoms with Crippen LogP contribution in [-0.4, -0.2) is 206 Å². The fourth-order valence-electron chi connectivity index (χ4n) is 15.2. The van der Waals surface area contributed by atoms with Gasteiger partial charge in [0.2, 0.25) is 17.7 Å². The number of carbonyl (C=O) groups is 9. The standard InChI is InChI=1S/C33H39N3O7.C26H36N4O6.C24H31N3O6S.3CH4/c1-7-21-18-33(21,30(38)41-6)35-29(37)27-16-23(19-36(27)31(39)43-32(2,3)4)42-28-17-25(20-11-9-8-10-12-20)34-26-15-22(40-5)13-14-24(26)28;1-7-16-14-26(16,22(32)34-6)28-21(31)20-13-17(15-30(20)24(33)36-25(3,4)5)35-23-27-18-11-9-10-12-19(18)29(23)8-2;1-6-14-12-24(14,20(29)31-5)26-19(28)17-11-15(13-27(17)22(30)33-23(2,3)4)32-21-25-16-9-7-8-10-18(16)34-21;;;/h8-15,17,21,23,27H,7,16,18-19H2,1-6H3,(H,35,37);9-12,16-17,20H,7-8,13-15H2,1-6H3,(H,28,31);7-10,14-15,17H,6,11-13H2,1-5H3,(H,26,28);3*1H4/t21-,23-,27+,33-;16-,17-,20+,26?;14-,15-,17+,24?;;;/m111.../s1. The largest absolute Gasteiger partial charge is 0.497 e. The highest BCUT2D eigenvalue weighted by atomic mass is 32.1. The summed E-state index contributed by atoms with van der Waals surface area (Å²) < 4.78 is 59.1. The Morgan fingerprint density at radius 2 is 0.888 bits per heavy atom. The van der Waals surface area contributed by atoms with Gasteiger partial charge in [-0.05, 0) is 143 Å². The van der Waals surface area contributed by atoms with Gasteiger partial charge in [-0.3, -0.25) is 33.7 Å². The lowest BCUT2D eigenvalue weighted by atomic mass is 10.1. The second-order valence-electron chi connectivity index (χ2n) is 32.5. The summed E-state index contributed by atoms with van der Waals surface area (Å²) >= 11 is 1.41. The number of imidazole rings is 1. The highest BCUT2D eigenvalue weighted by Gasteiger charge is 2.65. The molecule has 30 heteroatoms. The second-order valence-corrected chi connectivity index (χ2v) is 33.5. The molecule has 3 aliphatic carbocycles. The van der Waals surface area contributed by atoms with Crippen LogP contribution < -0.4 is 34.9 Å². The lowest BCUT2D eigenvalue weighted by molar-refractivity contribution is -0.147. The molecule has 0 spiro atoms. The molecule has 3 N–H and O–H groups in total. The van der Waals surface area contributed by atoms with Crippen molar-refractivity contribution in [2.24, 2.45) is 17.8 Å². The zero-order valence-corrected chi connectivity index (χ0v) is 68.3. The van der Waals surface area contributed by atoms with Crippen molar-refractivity contribution < 1.29 is 90.5 Å². The van der Waals surface area contributed by atoms with E-state index in [0.29, 0.717) is 66.1 Å². The number of fused-ring (bicyclic) bond motifs is 3. The zero-order valence-electron chi connectivity index (χ0n) is 67.5. The number of aromatic nitrogens is 4. The second kappa shape index (κ2) is 36.7. The Labute approximate surface area is 684 Å². The summed E-state index contributed by atoms with van der Waals surface area (Å²) in [6.45, 7) is 25.0. The van der Waals surface area contributed by atoms with Crippen LogP contribution in [0, 0.1) is 17.8 Å². The SMILES string of the molecule is C.C.C.CC[C@@H]1CC1(NC(=O)[C@@H]1C[C@@H](Oc2nc3ccccc3n2CC)CN1C(=O)OC(C)(C)C)C(=O)OC.CC[C@@H]1CC1(NC(=O)[C@@H]1C[C@@H](Oc2nc3ccccc3s2)CN1C(=O)OC(C)(C)C)C(=O)OC.CC[C@@H]1C[C@]1(NC(=O)[C@@H]1C[C@@H](Oc2cc(-c3ccccc3)nc3cc(OC)ccc23)CN1C(=O)OC(C)(C)C)C(=O)OC. The Bertz CT molecular complexity index is 4650. The Balaban J connectivity index is 0.000000216. The predicted molar refractivity (Wildman–Crippen MR) is 440 cm³/mol. The van der Waals surface area contributed by atoms with E-state index in [9.17, 15) is 43.2 Å². The number of carbonyl (C=O) groups excluding carboxylic acids is 9. The minimum absolute atomic E-state index is 0. The van der Waals surface area contributed by atoms with Crippen LogP contribution in [0.2, 0.25) is 0 Å². The minimum atomic E-state index is -1.08. The summed E-state index contributed by atoms with van der Waals surface area (Å²) in [6.07, 6.45) is 1.14.